The van der Waals surface area contributed by atoms with Gasteiger partial charge in [-0.05, 0) is 103 Å². The zero-order valence-electron chi connectivity index (χ0n) is 36.8. The van der Waals surface area contributed by atoms with Gasteiger partial charge in [0.1, 0.15) is 0 Å². The lowest BCUT2D eigenvalue weighted by molar-refractivity contribution is 0.660. The molecular weight excluding hydrogens is 775 g/mol. The van der Waals surface area contributed by atoms with E-state index in [4.69, 9.17) is 9.97 Å². The topological polar surface area (TPSA) is 30.7 Å². The first-order chi connectivity index (χ1) is 31.4. The minimum Gasteiger partial charge on any atom is -0.277 e. The maximum absolute atomic E-state index is 5.47. The third-order valence-corrected chi connectivity index (χ3v) is 13.0. The average Bonchev–Trinajstić information content (AvgIpc) is 3.62. The first-order valence-corrected chi connectivity index (χ1v) is 22.6. The number of aromatic nitrogens is 3. The predicted molar refractivity (Wildman–Crippen MR) is 272 cm³/mol. The SMILES string of the molecule is CC1(C)c2ccccc2-c2cc(-c3cccc(-c4cccc(-c5cccc6c7c8ccccc8ccc7n(-c7nc(C8=CCC=CC=C8)c8ccccc8n7)c56)c4)c3)ccc21.CCC. The second-order valence-electron chi connectivity index (χ2n) is 17.6. The molecule has 0 bridgehead atoms. The fourth-order valence-corrected chi connectivity index (χ4v) is 10.1. The molecule has 0 atom stereocenters. The highest BCUT2D eigenvalue weighted by Gasteiger charge is 2.35. The molecule has 8 aromatic carbocycles. The third kappa shape index (κ3) is 6.50. The molecule has 12 rings (SSSR count). The summed E-state index contributed by atoms with van der Waals surface area (Å²) in [6, 6.07) is 62.2. The lowest BCUT2D eigenvalue weighted by Crippen LogP contribution is -2.14. The summed E-state index contributed by atoms with van der Waals surface area (Å²) in [5.74, 6) is 0.659. The van der Waals surface area contributed by atoms with Gasteiger partial charge in [-0.1, -0.05) is 204 Å². The van der Waals surface area contributed by atoms with E-state index < -0.39 is 0 Å². The number of rotatable bonds is 5. The first-order valence-electron chi connectivity index (χ1n) is 22.6. The number of hydrogen-bond donors (Lipinski definition) is 0. The van der Waals surface area contributed by atoms with Gasteiger partial charge in [0.25, 0.3) is 0 Å². The molecule has 0 fully saturated rings. The maximum Gasteiger partial charge on any atom is 0.235 e. The van der Waals surface area contributed by atoms with Crippen LogP contribution < -0.4 is 0 Å². The van der Waals surface area contributed by atoms with Crippen LogP contribution in [-0.2, 0) is 5.41 Å². The van der Waals surface area contributed by atoms with Crippen molar-refractivity contribution in [1.82, 2.24) is 14.5 Å². The fraction of sp³-hybridized carbons (Fsp3) is 0.115. The molecule has 308 valence electrons. The normalized spacial score (nSPS) is 13.7. The molecule has 2 aliphatic rings. The number of allylic oxidation sites excluding steroid dienone is 6. The van der Waals surface area contributed by atoms with E-state index in [1.165, 1.54) is 72.5 Å². The van der Waals surface area contributed by atoms with E-state index >= 15 is 0 Å². The standard InChI is InChI=1S/C58H41N3.C3H8/c1-58(2)50-28-11-9-24-46(50)49-36-42(30-32-51(49)58)40-20-13-19-39(34-40)41-21-14-22-43(35-41)45-26-15-27-48-54-44-23-8-7-16-37(44)31-33-53(54)61(56(45)48)57-59-52-29-12-10-25-47(52)55(60-57)38-17-5-3-4-6-18-38;1-3-2/h3-5,7-36H,6H2,1-2H3;3H2,1-2H3. The minimum absolute atomic E-state index is 0.0153. The van der Waals surface area contributed by atoms with Gasteiger partial charge in [-0.15, -0.1) is 0 Å². The summed E-state index contributed by atoms with van der Waals surface area (Å²) in [4.78, 5) is 10.8. The zero-order chi connectivity index (χ0) is 43.4. The van der Waals surface area contributed by atoms with Crippen LogP contribution in [0, 0.1) is 0 Å². The minimum atomic E-state index is -0.0153. The van der Waals surface area contributed by atoms with E-state index in [0.29, 0.717) is 5.95 Å². The second kappa shape index (κ2) is 15.9. The van der Waals surface area contributed by atoms with E-state index in [2.05, 4.69) is 233 Å². The van der Waals surface area contributed by atoms with E-state index in [1.54, 1.807) is 0 Å². The van der Waals surface area contributed by atoms with Gasteiger partial charge in [-0.25, -0.2) is 9.97 Å². The summed E-state index contributed by atoms with van der Waals surface area (Å²) in [6.07, 6.45) is 12.9. The largest absolute Gasteiger partial charge is 0.277 e. The van der Waals surface area contributed by atoms with Gasteiger partial charge in [0.05, 0.1) is 22.2 Å². The van der Waals surface area contributed by atoms with Crippen molar-refractivity contribution in [2.45, 2.75) is 46.0 Å². The Hall–Kier alpha value is -7.62. The van der Waals surface area contributed by atoms with E-state index in [1.807, 2.05) is 0 Å². The Morgan fingerprint density at radius 2 is 1.17 bits per heavy atom. The van der Waals surface area contributed by atoms with Gasteiger partial charge in [0.15, 0.2) is 0 Å². The summed E-state index contributed by atoms with van der Waals surface area (Å²) >= 11 is 0. The van der Waals surface area contributed by atoms with Crippen LogP contribution in [-0.4, -0.2) is 14.5 Å². The number of fused-ring (bicyclic) bond motifs is 9. The number of benzene rings is 8. The Kier molecular flexibility index (Phi) is 9.77. The Bertz CT molecular complexity index is 3560. The van der Waals surface area contributed by atoms with Crippen LogP contribution >= 0.6 is 0 Å². The van der Waals surface area contributed by atoms with Gasteiger partial charge >= 0.3 is 0 Å². The number of nitrogens with zero attached hydrogens (tertiary/aromatic N) is 3. The highest BCUT2D eigenvalue weighted by atomic mass is 15.2. The number of para-hydroxylation sites is 2. The van der Waals surface area contributed by atoms with Crippen molar-refractivity contribution in [3.8, 4) is 50.5 Å². The monoisotopic (exact) mass is 823 g/mol. The zero-order valence-corrected chi connectivity index (χ0v) is 36.8. The molecule has 0 saturated heterocycles. The van der Waals surface area contributed by atoms with Gasteiger partial charge < -0.3 is 0 Å². The van der Waals surface area contributed by atoms with Crippen LogP contribution in [0.2, 0.25) is 0 Å². The number of hydrogen-bond acceptors (Lipinski definition) is 2. The van der Waals surface area contributed by atoms with Gasteiger partial charge in [-0.2, -0.15) is 0 Å². The smallest absolute Gasteiger partial charge is 0.235 e. The quantitative estimate of drug-likeness (QED) is 0.173. The fourth-order valence-electron chi connectivity index (χ4n) is 10.1. The summed E-state index contributed by atoms with van der Waals surface area (Å²) in [5, 5.41) is 5.84. The highest BCUT2D eigenvalue weighted by molar-refractivity contribution is 6.23. The molecule has 0 aliphatic heterocycles. The molecule has 0 radical (unpaired) electrons. The lowest BCUT2D eigenvalue weighted by Gasteiger charge is -2.21. The van der Waals surface area contributed by atoms with E-state index in [9.17, 15) is 0 Å². The van der Waals surface area contributed by atoms with Crippen molar-refractivity contribution >= 4 is 49.1 Å². The van der Waals surface area contributed by atoms with Gasteiger partial charge in [-0.3, -0.25) is 4.57 Å². The molecule has 64 heavy (non-hydrogen) atoms. The molecule has 10 aromatic rings. The molecule has 0 unspecified atom stereocenters. The lowest BCUT2D eigenvalue weighted by atomic mass is 9.82. The van der Waals surface area contributed by atoms with Crippen molar-refractivity contribution < 1.29 is 0 Å². The van der Waals surface area contributed by atoms with Crippen molar-refractivity contribution in [2.24, 2.45) is 0 Å². The second-order valence-corrected chi connectivity index (χ2v) is 17.6. The van der Waals surface area contributed by atoms with E-state index in [0.717, 1.165) is 50.8 Å². The van der Waals surface area contributed by atoms with Crippen molar-refractivity contribution in [3.05, 3.63) is 217 Å². The van der Waals surface area contributed by atoms with Crippen LogP contribution in [0.1, 0.15) is 57.4 Å². The summed E-state index contributed by atoms with van der Waals surface area (Å²) in [7, 11) is 0. The Labute approximate surface area is 375 Å². The van der Waals surface area contributed by atoms with Crippen LogP contribution in [0.4, 0.5) is 0 Å². The molecule has 2 heterocycles. The molecule has 2 aliphatic carbocycles. The molecule has 2 aromatic heterocycles. The maximum atomic E-state index is 5.47. The molecule has 3 heteroatoms. The summed E-state index contributed by atoms with van der Waals surface area (Å²) in [6.45, 7) is 8.93. The van der Waals surface area contributed by atoms with Crippen molar-refractivity contribution in [2.75, 3.05) is 0 Å². The Balaban J connectivity index is 0.00000148. The van der Waals surface area contributed by atoms with Crippen molar-refractivity contribution in [1.29, 1.82) is 0 Å². The average molecular weight is 824 g/mol. The van der Waals surface area contributed by atoms with Gasteiger partial charge in [0, 0.05) is 27.1 Å². The van der Waals surface area contributed by atoms with Crippen LogP contribution in [0.15, 0.2) is 200 Å². The van der Waals surface area contributed by atoms with Gasteiger partial charge in [0.2, 0.25) is 5.95 Å². The summed E-state index contributed by atoms with van der Waals surface area (Å²) in [5.41, 5.74) is 17.6. The molecule has 0 N–H and O–H groups in total. The molecule has 0 amide bonds. The van der Waals surface area contributed by atoms with Crippen LogP contribution in [0.25, 0.3) is 99.5 Å². The molecular formula is C61H49N3. The van der Waals surface area contributed by atoms with Crippen molar-refractivity contribution in [3.63, 3.8) is 0 Å². The third-order valence-electron chi connectivity index (χ3n) is 13.0. The molecule has 0 saturated carbocycles. The molecule has 0 spiro atoms. The first kappa shape index (κ1) is 39.2. The Morgan fingerprint density at radius 3 is 2.00 bits per heavy atom. The summed E-state index contributed by atoms with van der Waals surface area (Å²) < 4.78 is 2.31. The predicted octanol–water partition coefficient (Wildman–Crippen LogP) is 16.5. The van der Waals surface area contributed by atoms with Crippen LogP contribution in [0.5, 0.6) is 0 Å². The highest BCUT2D eigenvalue weighted by Crippen LogP contribution is 2.50. The van der Waals surface area contributed by atoms with E-state index in [-0.39, 0.29) is 5.41 Å². The Morgan fingerprint density at radius 1 is 0.531 bits per heavy atom. The molecule has 3 nitrogen and oxygen atoms in total. The van der Waals surface area contributed by atoms with Crippen LogP contribution in [0.3, 0.4) is 0 Å².